The lowest BCUT2D eigenvalue weighted by atomic mass is 9.97. The summed E-state index contributed by atoms with van der Waals surface area (Å²) >= 11 is 1.71. The van der Waals surface area contributed by atoms with Crippen molar-refractivity contribution >= 4 is 11.3 Å². The molecule has 0 bridgehead atoms. The smallest absolute Gasteiger partial charge is 0.0679 e. The molecule has 0 aromatic carbocycles. The van der Waals surface area contributed by atoms with Crippen molar-refractivity contribution in [2.75, 3.05) is 13.1 Å². The van der Waals surface area contributed by atoms with E-state index in [0.717, 1.165) is 25.9 Å². The van der Waals surface area contributed by atoms with E-state index in [0.29, 0.717) is 0 Å². The normalized spacial score (nSPS) is 15.4. The van der Waals surface area contributed by atoms with Gasteiger partial charge in [0.15, 0.2) is 0 Å². The zero-order chi connectivity index (χ0) is 10.4. The molecule has 0 radical (unpaired) electrons. The summed E-state index contributed by atoms with van der Waals surface area (Å²) in [4.78, 5) is 1.26. The fourth-order valence-corrected chi connectivity index (χ4v) is 2.29. The highest BCUT2D eigenvalue weighted by atomic mass is 32.1. The zero-order valence-corrected chi connectivity index (χ0v) is 9.73. The summed E-state index contributed by atoms with van der Waals surface area (Å²) in [5, 5.41) is 15.4. The van der Waals surface area contributed by atoms with Gasteiger partial charge in [-0.3, -0.25) is 0 Å². The van der Waals surface area contributed by atoms with Gasteiger partial charge in [-0.15, -0.1) is 11.3 Å². The molecule has 3 heteroatoms. The fourth-order valence-electron chi connectivity index (χ4n) is 1.41. The van der Waals surface area contributed by atoms with Crippen LogP contribution in [-0.2, 0) is 6.42 Å². The minimum Gasteiger partial charge on any atom is -0.390 e. The molecule has 80 valence electrons. The van der Waals surface area contributed by atoms with Crippen LogP contribution in [0.15, 0.2) is 17.5 Å². The van der Waals surface area contributed by atoms with Gasteiger partial charge in [0.2, 0.25) is 0 Å². The number of hydrogen-bond donors (Lipinski definition) is 2. The maximum atomic E-state index is 10.1. The van der Waals surface area contributed by atoms with Gasteiger partial charge >= 0.3 is 0 Å². The van der Waals surface area contributed by atoms with Crippen LogP contribution in [0.4, 0.5) is 0 Å². The molecule has 0 saturated carbocycles. The summed E-state index contributed by atoms with van der Waals surface area (Å²) in [5.74, 6) is 0. The van der Waals surface area contributed by atoms with Crippen molar-refractivity contribution in [3.8, 4) is 0 Å². The van der Waals surface area contributed by atoms with Gasteiger partial charge in [-0.05, 0) is 37.9 Å². The molecule has 2 nitrogen and oxygen atoms in total. The molecule has 0 saturated heterocycles. The van der Waals surface area contributed by atoms with E-state index >= 15 is 0 Å². The standard InChI is InChI=1S/C11H19NOS/c1-3-12-7-6-11(2,13)9-10-5-4-8-14-10/h4-5,8,12-13H,3,6-7,9H2,1-2H3. The molecule has 0 fully saturated rings. The van der Waals surface area contributed by atoms with E-state index in [-0.39, 0.29) is 0 Å². The molecule has 0 amide bonds. The molecule has 1 aromatic heterocycles. The lowest BCUT2D eigenvalue weighted by molar-refractivity contribution is 0.0525. The Balaban J connectivity index is 2.33. The largest absolute Gasteiger partial charge is 0.390 e. The molecule has 1 aromatic rings. The average Bonchev–Trinajstić information content (AvgIpc) is 2.56. The second kappa shape index (κ2) is 5.49. The molecule has 14 heavy (non-hydrogen) atoms. The lowest BCUT2D eigenvalue weighted by Gasteiger charge is -2.22. The van der Waals surface area contributed by atoms with Crippen LogP contribution >= 0.6 is 11.3 Å². The van der Waals surface area contributed by atoms with Crippen molar-refractivity contribution in [3.05, 3.63) is 22.4 Å². The molecule has 1 heterocycles. The van der Waals surface area contributed by atoms with E-state index < -0.39 is 5.60 Å². The van der Waals surface area contributed by atoms with Crippen molar-refractivity contribution in [1.82, 2.24) is 5.32 Å². The summed E-state index contributed by atoms with van der Waals surface area (Å²) in [5.41, 5.74) is -0.576. The highest BCUT2D eigenvalue weighted by Crippen LogP contribution is 2.19. The van der Waals surface area contributed by atoms with Gasteiger partial charge in [-0.25, -0.2) is 0 Å². The third kappa shape index (κ3) is 4.22. The predicted octanol–water partition coefficient (Wildman–Crippen LogP) is 2.04. The van der Waals surface area contributed by atoms with Crippen LogP contribution in [0.3, 0.4) is 0 Å². The Bertz CT molecular complexity index is 244. The summed E-state index contributed by atoms with van der Waals surface area (Å²) in [7, 11) is 0. The number of thiophene rings is 1. The van der Waals surface area contributed by atoms with Crippen LogP contribution in [0.5, 0.6) is 0 Å². The first-order valence-electron chi connectivity index (χ1n) is 5.09. The highest BCUT2D eigenvalue weighted by Gasteiger charge is 2.20. The molecule has 1 unspecified atom stereocenters. The maximum Gasteiger partial charge on any atom is 0.0679 e. The zero-order valence-electron chi connectivity index (χ0n) is 8.92. The van der Waals surface area contributed by atoms with Gasteiger partial charge in [0, 0.05) is 11.3 Å². The Morgan fingerprint density at radius 3 is 2.93 bits per heavy atom. The van der Waals surface area contributed by atoms with Crippen LogP contribution < -0.4 is 5.32 Å². The molecule has 1 rings (SSSR count). The van der Waals surface area contributed by atoms with Crippen molar-refractivity contribution in [3.63, 3.8) is 0 Å². The molecule has 0 aliphatic rings. The van der Waals surface area contributed by atoms with Crippen molar-refractivity contribution in [2.24, 2.45) is 0 Å². The monoisotopic (exact) mass is 213 g/mol. The van der Waals surface area contributed by atoms with Crippen LogP contribution in [0, 0.1) is 0 Å². The van der Waals surface area contributed by atoms with Gasteiger partial charge in [0.1, 0.15) is 0 Å². The first-order chi connectivity index (χ1) is 6.64. The average molecular weight is 213 g/mol. The summed E-state index contributed by atoms with van der Waals surface area (Å²) < 4.78 is 0. The van der Waals surface area contributed by atoms with Gasteiger partial charge in [0.25, 0.3) is 0 Å². The van der Waals surface area contributed by atoms with Crippen molar-refractivity contribution in [2.45, 2.75) is 32.3 Å². The molecule has 0 aliphatic heterocycles. The number of rotatable bonds is 6. The summed E-state index contributed by atoms with van der Waals surface area (Å²) in [6.07, 6.45) is 1.56. The van der Waals surface area contributed by atoms with E-state index in [4.69, 9.17) is 0 Å². The number of hydrogen-bond acceptors (Lipinski definition) is 3. The van der Waals surface area contributed by atoms with Gasteiger partial charge in [-0.1, -0.05) is 13.0 Å². The highest BCUT2D eigenvalue weighted by molar-refractivity contribution is 7.09. The molecule has 0 aliphatic carbocycles. The minimum atomic E-state index is -0.576. The Labute approximate surface area is 90.0 Å². The summed E-state index contributed by atoms with van der Waals surface area (Å²) in [6, 6.07) is 4.10. The van der Waals surface area contributed by atoms with Gasteiger partial charge < -0.3 is 10.4 Å². The van der Waals surface area contributed by atoms with E-state index in [2.05, 4.69) is 23.7 Å². The van der Waals surface area contributed by atoms with E-state index in [1.165, 1.54) is 4.88 Å². The molecule has 1 atom stereocenters. The van der Waals surface area contributed by atoms with E-state index in [9.17, 15) is 5.11 Å². The lowest BCUT2D eigenvalue weighted by Crippen LogP contribution is -2.31. The SMILES string of the molecule is CCNCCC(C)(O)Cc1cccs1. The minimum absolute atomic E-state index is 0.576. The van der Waals surface area contributed by atoms with Crippen LogP contribution in [0.25, 0.3) is 0 Å². The number of aliphatic hydroxyl groups is 1. The molecule has 2 N–H and O–H groups in total. The van der Waals surface area contributed by atoms with E-state index in [1.54, 1.807) is 11.3 Å². The quantitative estimate of drug-likeness (QED) is 0.709. The first-order valence-corrected chi connectivity index (χ1v) is 5.97. The van der Waals surface area contributed by atoms with Crippen molar-refractivity contribution < 1.29 is 5.11 Å². The van der Waals surface area contributed by atoms with Gasteiger partial charge in [-0.2, -0.15) is 0 Å². The van der Waals surface area contributed by atoms with E-state index in [1.807, 2.05) is 13.0 Å². The Hall–Kier alpha value is -0.380. The fraction of sp³-hybridized carbons (Fsp3) is 0.636. The third-order valence-electron chi connectivity index (χ3n) is 2.23. The first kappa shape index (κ1) is 11.7. The second-order valence-electron chi connectivity index (χ2n) is 3.86. The molecule has 0 spiro atoms. The number of nitrogens with one attached hydrogen (secondary N) is 1. The Kier molecular flexibility index (Phi) is 4.58. The van der Waals surface area contributed by atoms with Crippen LogP contribution in [0.2, 0.25) is 0 Å². The summed E-state index contributed by atoms with van der Waals surface area (Å²) in [6.45, 7) is 5.84. The Morgan fingerprint density at radius 1 is 1.57 bits per heavy atom. The predicted molar refractivity (Wildman–Crippen MR) is 61.8 cm³/mol. The molecular formula is C11H19NOS. The molecular weight excluding hydrogens is 194 g/mol. The second-order valence-corrected chi connectivity index (χ2v) is 4.89. The third-order valence-corrected chi connectivity index (χ3v) is 3.10. The van der Waals surface area contributed by atoms with Crippen molar-refractivity contribution in [1.29, 1.82) is 0 Å². The maximum absolute atomic E-state index is 10.1. The van der Waals surface area contributed by atoms with Crippen LogP contribution in [0.1, 0.15) is 25.1 Å². The van der Waals surface area contributed by atoms with Gasteiger partial charge in [0.05, 0.1) is 5.60 Å². The topological polar surface area (TPSA) is 32.3 Å². The Morgan fingerprint density at radius 2 is 2.36 bits per heavy atom. The van der Waals surface area contributed by atoms with Crippen LogP contribution in [-0.4, -0.2) is 23.8 Å².